The van der Waals surface area contributed by atoms with Crippen molar-refractivity contribution in [3.8, 4) is 0 Å². The maximum atomic E-state index is 13.1. The zero-order chi connectivity index (χ0) is 14.9. The van der Waals surface area contributed by atoms with Gasteiger partial charge in [0.2, 0.25) is 5.78 Å². The van der Waals surface area contributed by atoms with E-state index in [1.807, 2.05) is 0 Å². The molecular formula is C14H12FNO4. The summed E-state index contributed by atoms with van der Waals surface area (Å²) in [6, 6.07) is 3.55. The largest absolute Gasteiger partial charge is 0.512 e. The molecule has 0 fully saturated rings. The van der Waals surface area contributed by atoms with Gasteiger partial charge in [-0.2, -0.15) is 0 Å². The van der Waals surface area contributed by atoms with E-state index in [-0.39, 0.29) is 34.9 Å². The van der Waals surface area contributed by atoms with E-state index >= 15 is 0 Å². The number of Topliss-reactive ketones (excluding diaryl/α,β-unsaturated/α-hetero) is 1. The Kier molecular flexibility index (Phi) is 3.65. The van der Waals surface area contributed by atoms with Gasteiger partial charge in [0.25, 0.3) is 0 Å². The molecule has 0 unspecified atom stereocenters. The highest BCUT2D eigenvalue weighted by atomic mass is 19.1. The Balaban J connectivity index is 2.47. The third kappa shape index (κ3) is 2.32. The Bertz CT molecular complexity index is 657. The van der Waals surface area contributed by atoms with Crippen molar-refractivity contribution in [3.63, 3.8) is 0 Å². The third-order valence-corrected chi connectivity index (χ3v) is 2.73. The Morgan fingerprint density at radius 2 is 2.15 bits per heavy atom. The summed E-state index contributed by atoms with van der Waals surface area (Å²) in [7, 11) is 0. The number of ketones is 1. The Hall–Kier alpha value is -2.50. The van der Waals surface area contributed by atoms with E-state index in [2.05, 4.69) is 4.99 Å². The normalized spacial score (nSPS) is 14.6. The average Bonchev–Trinajstić information content (AvgIpc) is 2.67. The van der Waals surface area contributed by atoms with Crippen LogP contribution >= 0.6 is 0 Å². The predicted molar refractivity (Wildman–Crippen MR) is 69.8 cm³/mol. The van der Waals surface area contributed by atoms with Gasteiger partial charge in [0.15, 0.2) is 0 Å². The van der Waals surface area contributed by atoms with Crippen molar-refractivity contribution in [2.45, 2.75) is 13.8 Å². The number of ether oxygens (including phenoxy) is 1. The molecule has 0 amide bonds. The van der Waals surface area contributed by atoms with Crippen molar-refractivity contribution < 1.29 is 23.8 Å². The van der Waals surface area contributed by atoms with Gasteiger partial charge in [-0.3, -0.25) is 4.79 Å². The van der Waals surface area contributed by atoms with Crippen molar-refractivity contribution >= 4 is 23.2 Å². The second kappa shape index (κ2) is 5.24. The van der Waals surface area contributed by atoms with Crippen molar-refractivity contribution in [3.05, 3.63) is 40.9 Å². The third-order valence-electron chi connectivity index (χ3n) is 2.73. The van der Waals surface area contributed by atoms with E-state index in [0.29, 0.717) is 0 Å². The Labute approximate surface area is 114 Å². The molecule has 104 valence electrons. The number of rotatable bonds is 3. The van der Waals surface area contributed by atoms with Crippen LogP contribution in [0.15, 0.2) is 34.5 Å². The molecular weight excluding hydrogens is 265 g/mol. The number of allylic oxidation sites excluding steroid dienone is 1. The molecule has 1 N–H and O–H groups in total. The number of hydrogen-bond acceptors (Lipinski definition) is 5. The first kappa shape index (κ1) is 13.9. The van der Waals surface area contributed by atoms with Gasteiger partial charge in [0.1, 0.15) is 22.9 Å². The molecule has 0 saturated heterocycles. The van der Waals surface area contributed by atoms with E-state index < -0.39 is 17.6 Å². The van der Waals surface area contributed by atoms with E-state index in [0.717, 1.165) is 12.1 Å². The van der Waals surface area contributed by atoms with Crippen LogP contribution in [0.3, 0.4) is 0 Å². The van der Waals surface area contributed by atoms with Gasteiger partial charge < -0.3 is 9.84 Å². The number of esters is 1. The van der Waals surface area contributed by atoms with Crippen molar-refractivity contribution in [2.24, 2.45) is 4.99 Å². The lowest BCUT2D eigenvalue weighted by molar-refractivity contribution is -0.138. The quantitative estimate of drug-likeness (QED) is 0.523. The molecule has 0 spiro atoms. The molecule has 20 heavy (non-hydrogen) atoms. The molecule has 0 aromatic heterocycles. The van der Waals surface area contributed by atoms with Crippen LogP contribution in [-0.2, 0) is 9.53 Å². The zero-order valence-electron chi connectivity index (χ0n) is 10.9. The van der Waals surface area contributed by atoms with Gasteiger partial charge >= 0.3 is 5.97 Å². The van der Waals surface area contributed by atoms with Crippen LogP contribution in [0.4, 0.5) is 10.1 Å². The monoisotopic (exact) mass is 277 g/mol. The number of carbonyl (C=O) groups excluding carboxylic acids is 2. The number of fused-ring (bicyclic) bond motifs is 1. The summed E-state index contributed by atoms with van der Waals surface area (Å²) in [5, 5.41) is 9.59. The molecule has 0 atom stereocenters. The number of aliphatic imine (C=N–C) groups is 1. The van der Waals surface area contributed by atoms with Crippen molar-refractivity contribution in [1.29, 1.82) is 0 Å². The van der Waals surface area contributed by atoms with Gasteiger partial charge in [0, 0.05) is 0 Å². The summed E-state index contributed by atoms with van der Waals surface area (Å²) < 4.78 is 17.9. The molecule has 6 heteroatoms. The van der Waals surface area contributed by atoms with Crippen LogP contribution in [0.5, 0.6) is 0 Å². The van der Waals surface area contributed by atoms with E-state index in [9.17, 15) is 19.1 Å². The predicted octanol–water partition coefficient (Wildman–Crippen LogP) is 2.49. The van der Waals surface area contributed by atoms with Crippen LogP contribution in [0.2, 0.25) is 0 Å². The molecule has 0 bridgehead atoms. The topological polar surface area (TPSA) is 76.0 Å². The smallest absolute Gasteiger partial charge is 0.343 e. The van der Waals surface area contributed by atoms with E-state index in [4.69, 9.17) is 4.74 Å². The lowest BCUT2D eigenvalue weighted by atomic mass is 10.0. The van der Waals surface area contributed by atoms with Crippen LogP contribution in [0, 0.1) is 5.82 Å². The number of hydrogen-bond donors (Lipinski definition) is 1. The number of benzene rings is 1. The maximum Gasteiger partial charge on any atom is 0.343 e. The molecule has 1 aliphatic heterocycles. The molecule has 0 saturated carbocycles. The van der Waals surface area contributed by atoms with Crippen molar-refractivity contribution in [2.75, 3.05) is 6.61 Å². The molecule has 0 radical (unpaired) electrons. The lowest BCUT2D eigenvalue weighted by Crippen LogP contribution is -2.22. The Morgan fingerprint density at radius 1 is 1.45 bits per heavy atom. The van der Waals surface area contributed by atoms with Crippen LogP contribution in [0.1, 0.15) is 24.2 Å². The van der Waals surface area contributed by atoms with Crippen LogP contribution in [-0.4, -0.2) is 29.2 Å². The highest BCUT2D eigenvalue weighted by molar-refractivity contribution is 6.58. The van der Waals surface area contributed by atoms with Gasteiger partial charge in [-0.15, -0.1) is 0 Å². The average molecular weight is 277 g/mol. The molecule has 1 aromatic rings. The fraction of sp³-hybridized carbons (Fsp3) is 0.214. The highest BCUT2D eigenvalue weighted by Crippen LogP contribution is 2.30. The maximum absolute atomic E-state index is 13.1. The SMILES string of the molecule is CCOC(=O)/C(C1=Nc2ccc(F)cc2C1=O)=C(/C)O. The molecule has 1 heterocycles. The number of carbonyl (C=O) groups is 2. The van der Waals surface area contributed by atoms with Crippen LogP contribution in [0.25, 0.3) is 0 Å². The standard InChI is InChI=1S/C14H12FNO4/c1-3-20-14(19)11(7(2)17)12-13(18)9-6-8(15)4-5-10(9)16-12/h4-6,17H,3H2,1-2H3/b11-7-. The van der Waals surface area contributed by atoms with Crippen molar-refractivity contribution in [1.82, 2.24) is 0 Å². The minimum Gasteiger partial charge on any atom is -0.512 e. The summed E-state index contributed by atoms with van der Waals surface area (Å²) in [6.45, 7) is 2.95. The summed E-state index contributed by atoms with van der Waals surface area (Å²) in [5.41, 5.74) is -0.213. The Morgan fingerprint density at radius 3 is 2.75 bits per heavy atom. The van der Waals surface area contributed by atoms with Gasteiger partial charge in [-0.25, -0.2) is 14.2 Å². The van der Waals surface area contributed by atoms with Gasteiger partial charge in [0.05, 0.1) is 17.9 Å². The second-order valence-corrected chi connectivity index (χ2v) is 4.13. The number of aliphatic hydroxyl groups excluding tert-OH is 1. The first-order valence-corrected chi connectivity index (χ1v) is 5.96. The lowest BCUT2D eigenvalue weighted by Gasteiger charge is -2.06. The fourth-order valence-corrected chi connectivity index (χ4v) is 1.87. The summed E-state index contributed by atoms with van der Waals surface area (Å²) >= 11 is 0. The zero-order valence-corrected chi connectivity index (χ0v) is 10.9. The molecule has 0 aliphatic carbocycles. The summed E-state index contributed by atoms with van der Waals surface area (Å²) in [4.78, 5) is 27.9. The molecule has 1 aromatic carbocycles. The highest BCUT2D eigenvalue weighted by Gasteiger charge is 2.33. The van der Waals surface area contributed by atoms with E-state index in [1.165, 1.54) is 13.0 Å². The summed E-state index contributed by atoms with van der Waals surface area (Å²) in [5.74, 6) is -2.40. The minimum absolute atomic E-state index is 0.0584. The number of halogens is 1. The first-order chi connectivity index (χ1) is 9.45. The fourth-order valence-electron chi connectivity index (χ4n) is 1.87. The first-order valence-electron chi connectivity index (χ1n) is 5.96. The summed E-state index contributed by atoms with van der Waals surface area (Å²) in [6.07, 6.45) is 0. The molecule has 1 aliphatic rings. The van der Waals surface area contributed by atoms with Crippen LogP contribution < -0.4 is 0 Å². The van der Waals surface area contributed by atoms with Gasteiger partial charge in [-0.05, 0) is 32.0 Å². The number of aliphatic hydroxyl groups is 1. The molecule has 2 rings (SSSR count). The van der Waals surface area contributed by atoms with Gasteiger partial charge in [-0.1, -0.05) is 0 Å². The van der Waals surface area contributed by atoms with E-state index in [1.54, 1.807) is 6.92 Å². The second-order valence-electron chi connectivity index (χ2n) is 4.13. The minimum atomic E-state index is -0.840. The number of nitrogens with zero attached hydrogens (tertiary/aromatic N) is 1. The molecule has 5 nitrogen and oxygen atoms in total.